The number of rotatable bonds is 8. The molecule has 0 spiro atoms. The summed E-state index contributed by atoms with van der Waals surface area (Å²) >= 11 is 0. The zero-order valence-corrected chi connectivity index (χ0v) is 22.8. The lowest BCUT2D eigenvalue weighted by molar-refractivity contribution is 0.0956. The largest absolute Gasteiger partial charge is 0.341 e. The van der Waals surface area contributed by atoms with E-state index in [0.29, 0.717) is 12.5 Å². The highest BCUT2D eigenvalue weighted by Gasteiger charge is 2.11. The van der Waals surface area contributed by atoms with E-state index < -0.39 is 5.91 Å². The molecular weight excluding hydrogens is 514 g/mol. The Morgan fingerprint density at radius 2 is 1.85 bits per heavy atom. The number of amides is 1. The molecule has 9 heteroatoms. The van der Waals surface area contributed by atoms with Crippen LogP contribution in [0.2, 0.25) is 0 Å². The summed E-state index contributed by atoms with van der Waals surface area (Å²) in [5.74, 6) is 6.04. The van der Waals surface area contributed by atoms with Crippen LogP contribution in [0.4, 0.5) is 11.6 Å². The number of carbonyl (C=O) groups excluding carboxylic acids is 1. The molecule has 0 radical (unpaired) electrons. The smallest absolute Gasteiger partial charge is 0.263 e. The molecule has 5 rings (SSSR count). The highest BCUT2D eigenvalue weighted by Crippen LogP contribution is 2.18. The lowest BCUT2D eigenvalue weighted by Gasteiger charge is -2.10. The molecule has 0 unspecified atom stereocenters. The molecule has 2 aromatic carbocycles. The highest BCUT2D eigenvalue weighted by atomic mass is 16.2. The molecule has 5 aromatic rings. The Balaban J connectivity index is 1.19. The first-order valence-electron chi connectivity index (χ1n) is 13.1. The summed E-state index contributed by atoms with van der Waals surface area (Å²) in [6, 6.07) is 20.7. The summed E-state index contributed by atoms with van der Waals surface area (Å²) in [5.41, 5.74) is 4.27. The summed E-state index contributed by atoms with van der Waals surface area (Å²) in [7, 11) is 4.08. The standard InChI is InChI=1S/C32H29N7O2/c1-38(2)21-24-9-12-27(13-10-24)36-32-35-20-26-18-23(11-14-29(26)37-32)6-4-16-34-30(40)28-8-5-17-39(31(28)41)22-25-7-3-15-33-19-25/h3,5,7-15,17-20H,16,21-22H2,1-2H3,(H,34,40)(H,35,36,37). The number of hydrogen-bond acceptors (Lipinski definition) is 7. The van der Waals surface area contributed by atoms with Crippen molar-refractivity contribution < 1.29 is 4.79 Å². The first-order valence-corrected chi connectivity index (χ1v) is 13.1. The van der Waals surface area contributed by atoms with Crippen LogP contribution in [-0.4, -0.2) is 51.0 Å². The van der Waals surface area contributed by atoms with Crippen LogP contribution in [0.1, 0.15) is 27.0 Å². The monoisotopic (exact) mass is 543 g/mol. The van der Waals surface area contributed by atoms with Crippen molar-refractivity contribution >= 4 is 28.4 Å². The molecule has 0 aliphatic carbocycles. The van der Waals surface area contributed by atoms with Crippen molar-refractivity contribution in [2.45, 2.75) is 13.1 Å². The molecule has 204 valence electrons. The maximum absolute atomic E-state index is 12.8. The van der Waals surface area contributed by atoms with E-state index in [1.165, 1.54) is 16.2 Å². The molecule has 0 fully saturated rings. The number of nitrogens with zero attached hydrogens (tertiary/aromatic N) is 5. The lowest BCUT2D eigenvalue weighted by atomic mass is 10.1. The van der Waals surface area contributed by atoms with Gasteiger partial charge in [-0.1, -0.05) is 30.0 Å². The molecule has 41 heavy (non-hydrogen) atoms. The Morgan fingerprint density at radius 1 is 1.00 bits per heavy atom. The SMILES string of the molecule is CN(C)Cc1ccc(Nc2ncc3cc(C#CCNC(=O)c4cccn(Cc5cccnc5)c4=O)ccc3n2)cc1. The van der Waals surface area contributed by atoms with Gasteiger partial charge in [0.25, 0.3) is 11.5 Å². The second kappa shape index (κ2) is 12.7. The second-order valence-electron chi connectivity index (χ2n) is 9.73. The van der Waals surface area contributed by atoms with Crippen molar-refractivity contribution in [1.82, 2.24) is 29.7 Å². The van der Waals surface area contributed by atoms with Crippen LogP contribution in [0.15, 0.2) is 96.3 Å². The minimum atomic E-state index is -0.468. The minimum absolute atomic E-state index is 0.0648. The van der Waals surface area contributed by atoms with Gasteiger partial charge in [-0.05, 0) is 73.8 Å². The van der Waals surface area contributed by atoms with Gasteiger partial charge in [0.1, 0.15) is 5.56 Å². The normalized spacial score (nSPS) is 10.7. The van der Waals surface area contributed by atoms with E-state index in [2.05, 4.69) is 54.5 Å². The molecule has 0 saturated carbocycles. The van der Waals surface area contributed by atoms with Gasteiger partial charge in [0.15, 0.2) is 0 Å². The van der Waals surface area contributed by atoms with E-state index in [0.717, 1.165) is 34.3 Å². The van der Waals surface area contributed by atoms with Gasteiger partial charge < -0.3 is 20.1 Å². The predicted molar refractivity (Wildman–Crippen MR) is 160 cm³/mol. The Bertz CT molecular complexity index is 1790. The van der Waals surface area contributed by atoms with Crippen molar-refractivity contribution in [2.75, 3.05) is 26.0 Å². The quantitative estimate of drug-likeness (QED) is 0.287. The number of anilines is 2. The first kappa shape index (κ1) is 27.2. The maximum atomic E-state index is 12.8. The molecular formula is C32H29N7O2. The molecule has 9 nitrogen and oxygen atoms in total. The van der Waals surface area contributed by atoms with E-state index in [-0.39, 0.29) is 17.7 Å². The number of nitrogens with one attached hydrogen (secondary N) is 2. The van der Waals surface area contributed by atoms with Crippen LogP contribution in [0, 0.1) is 11.8 Å². The maximum Gasteiger partial charge on any atom is 0.263 e. The zero-order chi connectivity index (χ0) is 28.6. The van der Waals surface area contributed by atoms with Crippen LogP contribution in [0.5, 0.6) is 0 Å². The Labute approximate surface area is 237 Å². The summed E-state index contributed by atoms with van der Waals surface area (Å²) in [6.45, 7) is 1.31. The molecule has 3 heterocycles. The highest BCUT2D eigenvalue weighted by molar-refractivity contribution is 5.94. The van der Waals surface area contributed by atoms with E-state index in [1.807, 2.05) is 50.5 Å². The number of fused-ring (bicyclic) bond motifs is 1. The molecule has 3 aromatic heterocycles. The third-order valence-corrected chi connectivity index (χ3v) is 6.20. The van der Waals surface area contributed by atoms with E-state index in [4.69, 9.17) is 0 Å². The van der Waals surface area contributed by atoms with Gasteiger partial charge in [-0.25, -0.2) is 9.97 Å². The second-order valence-corrected chi connectivity index (χ2v) is 9.73. The van der Waals surface area contributed by atoms with E-state index >= 15 is 0 Å². The minimum Gasteiger partial charge on any atom is -0.341 e. The molecule has 0 bridgehead atoms. The lowest BCUT2D eigenvalue weighted by Crippen LogP contribution is -2.33. The number of benzene rings is 2. The number of pyridine rings is 2. The number of aromatic nitrogens is 4. The van der Waals surface area contributed by atoms with Gasteiger partial charge in [-0.15, -0.1) is 0 Å². The Kier molecular flexibility index (Phi) is 8.43. The average molecular weight is 544 g/mol. The van der Waals surface area contributed by atoms with Crippen LogP contribution >= 0.6 is 0 Å². The number of hydrogen-bond donors (Lipinski definition) is 2. The Hall–Kier alpha value is -5.33. The van der Waals surface area contributed by atoms with Crippen LogP contribution in [0.3, 0.4) is 0 Å². The van der Waals surface area contributed by atoms with Crippen molar-refractivity contribution in [3.8, 4) is 11.8 Å². The van der Waals surface area contributed by atoms with Gasteiger partial charge in [0, 0.05) is 48.0 Å². The first-order chi connectivity index (χ1) is 19.9. The van der Waals surface area contributed by atoms with Gasteiger partial charge >= 0.3 is 0 Å². The molecule has 2 N–H and O–H groups in total. The van der Waals surface area contributed by atoms with Gasteiger partial charge in [0.05, 0.1) is 18.6 Å². The van der Waals surface area contributed by atoms with Crippen molar-refractivity contribution in [2.24, 2.45) is 0 Å². The van der Waals surface area contributed by atoms with Gasteiger partial charge in [0.2, 0.25) is 5.95 Å². The molecule has 0 saturated heterocycles. The average Bonchev–Trinajstić information content (AvgIpc) is 2.97. The van der Waals surface area contributed by atoms with Crippen molar-refractivity contribution in [1.29, 1.82) is 0 Å². The molecule has 0 aliphatic heterocycles. The fourth-order valence-electron chi connectivity index (χ4n) is 4.25. The third-order valence-electron chi connectivity index (χ3n) is 6.20. The van der Waals surface area contributed by atoms with Gasteiger partial charge in [-0.3, -0.25) is 14.6 Å². The van der Waals surface area contributed by atoms with Crippen molar-refractivity contribution in [3.05, 3.63) is 124 Å². The summed E-state index contributed by atoms with van der Waals surface area (Å²) in [5, 5.41) is 6.81. The van der Waals surface area contributed by atoms with Crippen LogP contribution < -0.4 is 16.2 Å². The molecule has 1 amide bonds. The summed E-state index contributed by atoms with van der Waals surface area (Å²) < 4.78 is 1.48. The predicted octanol–water partition coefficient (Wildman–Crippen LogP) is 3.82. The fraction of sp³-hybridized carbons (Fsp3) is 0.156. The van der Waals surface area contributed by atoms with E-state index in [1.54, 1.807) is 36.9 Å². The molecule has 0 aliphatic rings. The zero-order valence-electron chi connectivity index (χ0n) is 22.8. The topological polar surface area (TPSA) is 105 Å². The summed E-state index contributed by atoms with van der Waals surface area (Å²) in [4.78, 5) is 40.7. The number of carbonyl (C=O) groups is 1. The summed E-state index contributed by atoms with van der Waals surface area (Å²) in [6.07, 6.45) is 6.77. The van der Waals surface area contributed by atoms with Crippen LogP contribution in [-0.2, 0) is 13.1 Å². The fourth-order valence-corrected chi connectivity index (χ4v) is 4.25. The van der Waals surface area contributed by atoms with Crippen molar-refractivity contribution in [3.63, 3.8) is 0 Å². The third kappa shape index (κ3) is 7.20. The molecule has 0 atom stereocenters. The van der Waals surface area contributed by atoms with Gasteiger partial charge in [-0.2, -0.15) is 0 Å². The Morgan fingerprint density at radius 3 is 2.63 bits per heavy atom. The van der Waals surface area contributed by atoms with Crippen LogP contribution in [0.25, 0.3) is 10.9 Å². The van der Waals surface area contributed by atoms with E-state index in [9.17, 15) is 9.59 Å².